The number of hydrogen-bond donors (Lipinski definition) is 1. The quantitative estimate of drug-likeness (QED) is 0.766. The van der Waals surface area contributed by atoms with Gasteiger partial charge in [-0.05, 0) is 62.5 Å². The van der Waals surface area contributed by atoms with Crippen molar-refractivity contribution in [1.29, 1.82) is 0 Å². The molecule has 172 valence electrons. The fourth-order valence-electron chi connectivity index (χ4n) is 5.30. The number of carbonyl (C=O) groups excluding carboxylic acids is 1. The average Bonchev–Trinajstić information content (AvgIpc) is 2.76. The maximum Gasteiger partial charge on any atom is 0.264 e. The fraction of sp³-hybridized carbons (Fsp3) is 0.696. The third kappa shape index (κ3) is 5.23. The van der Waals surface area contributed by atoms with Gasteiger partial charge in [0, 0.05) is 12.6 Å². The monoisotopic (exact) mass is 450 g/mol. The minimum Gasteiger partial charge on any atom is -0.480 e. The van der Waals surface area contributed by atoms with Crippen LogP contribution in [0.25, 0.3) is 0 Å². The van der Waals surface area contributed by atoms with Crippen molar-refractivity contribution in [3.05, 3.63) is 29.8 Å². The van der Waals surface area contributed by atoms with Gasteiger partial charge in [0.1, 0.15) is 5.75 Å². The van der Waals surface area contributed by atoms with Gasteiger partial charge in [0.15, 0.2) is 6.10 Å². The molecule has 4 aliphatic rings. The molecule has 3 atom stereocenters. The Hall–Kier alpha value is -1.64. The van der Waals surface area contributed by atoms with E-state index in [2.05, 4.69) is 10.8 Å². The second kappa shape index (κ2) is 9.46. The SMILES string of the molecule is CCC1Oc2ccccc2C2CCC(CC2)OCC2C(NS(C)(=O)=O)CCCN2C1=O. The van der Waals surface area contributed by atoms with Crippen LogP contribution in [0.1, 0.15) is 63.4 Å². The van der Waals surface area contributed by atoms with Gasteiger partial charge >= 0.3 is 0 Å². The highest BCUT2D eigenvalue weighted by atomic mass is 32.2. The molecule has 1 amide bonds. The van der Waals surface area contributed by atoms with Crippen LogP contribution in [-0.4, -0.2) is 62.9 Å². The lowest BCUT2D eigenvalue weighted by atomic mass is 9.82. The van der Waals surface area contributed by atoms with Crippen LogP contribution in [0.2, 0.25) is 0 Å². The van der Waals surface area contributed by atoms with Crippen molar-refractivity contribution in [3.8, 4) is 5.75 Å². The molecule has 1 N–H and O–H groups in total. The highest BCUT2D eigenvalue weighted by molar-refractivity contribution is 7.88. The van der Waals surface area contributed by atoms with E-state index in [1.54, 1.807) is 4.90 Å². The average molecular weight is 451 g/mol. The number of carbonyl (C=O) groups is 1. The molecule has 1 aliphatic carbocycles. The third-order valence-electron chi connectivity index (χ3n) is 6.88. The zero-order valence-corrected chi connectivity index (χ0v) is 19.3. The zero-order chi connectivity index (χ0) is 22.0. The minimum absolute atomic E-state index is 0.0857. The second-order valence-corrected chi connectivity index (χ2v) is 10.9. The number of amides is 1. The van der Waals surface area contributed by atoms with Gasteiger partial charge in [-0.3, -0.25) is 4.79 Å². The molecule has 0 aromatic heterocycles. The normalized spacial score (nSPS) is 32.1. The number of benzene rings is 1. The van der Waals surface area contributed by atoms with E-state index in [-0.39, 0.29) is 24.1 Å². The second-order valence-electron chi connectivity index (χ2n) is 9.10. The van der Waals surface area contributed by atoms with E-state index < -0.39 is 16.1 Å². The predicted molar refractivity (Wildman–Crippen MR) is 119 cm³/mol. The summed E-state index contributed by atoms with van der Waals surface area (Å²) in [4.78, 5) is 15.4. The van der Waals surface area contributed by atoms with Crippen LogP contribution in [0, 0.1) is 0 Å². The Labute approximate surface area is 185 Å². The molecular weight excluding hydrogens is 416 g/mol. The number of fused-ring (bicyclic) bond motifs is 5. The van der Waals surface area contributed by atoms with Gasteiger partial charge < -0.3 is 14.4 Å². The summed E-state index contributed by atoms with van der Waals surface area (Å²) in [6.45, 7) is 2.89. The Balaban J connectivity index is 1.68. The standard InChI is InChI=1S/C23H34N2O5S/c1-3-21-23(26)25-14-6-8-19(24-31(2,27)28)20(25)15-29-17-12-10-16(11-13-17)18-7-4-5-9-22(18)30-21/h4-5,7,9,16-17,19-21,24H,3,6,8,10-15H2,1-2H3. The van der Waals surface area contributed by atoms with Gasteiger partial charge in [-0.1, -0.05) is 25.1 Å². The summed E-state index contributed by atoms with van der Waals surface area (Å²) in [5, 5.41) is 0. The van der Waals surface area contributed by atoms with Crippen molar-refractivity contribution >= 4 is 15.9 Å². The summed E-state index contributed by atoms with van der Waals surface area (Å²) >= 11 is 0. The smallest absolute Gasteiger partial charge is 0.264 e. The molecule has 0 spiro atoms. The Morgan fingerprint density at radius 2 is 1.87 bits per heavy atom. The first-order valence-corrected chi connectivity index (χ1v) is 13.4. The van der Waals surface area contributed by atoms with Gasteiger partial charge in [-0.25, -0.2) is 13.1 Å². The molecule has 1 saturated heterocycles. The summed E-state index contributed by atoms with van der Waals surface area (Å²) in [6.07, 6.45) is 6.67. The summed E-state index contributed by atoms with van der Waals surface area (Å²) in [5.41, 5.74) is 1.18. The van der Waals surface area contributed by atoms with E-state index >= 15 is 0 Å². The zero-order valence-electron chi connectivity index (χ0n) is 18.5. The summed E-state index contributed by atoms with van der Waals surface area (Å²) < 4.78 is 39.3. The number of nitrogens with zero attached hydrogens (tertiary/aromatic N) is 1. The van der Waals surface area contributed by atoms with E-state index in [1.807, 2.05) is 25.1 Å². The van der Waals surface area contributed by atoms with Gasteiger partial charge in [0.25, 0.3) is 5.91 Å². The van der Waals surface area contributed by atoms with Crippen LogP contribution < -0.4 is 9.46 Å². The van der Waals surface area contributed by atoms with Gasteiger partial charge in [-0.15, -0.1) is 0 Å². The fourth-order valence-corrected chi connectivity index (χ4v) is 6.12. The number of piperidine rings is 1. The topological polar surface area (TPSA) is 84.9 Å². The first kappa shape index (κ1) is 22.6. The van der Waals surface area contributed by atoms with Crippen molar-refractivity contribution in [2.24, 2.45) is 0 Å². The van der Waals surface area contributed by atoms with E-state index in [0.29, 0.717) is 31.9 Å². The largest absolute Gasteiger partial charge is 0.480 e. The Morgan fingerprint density at radius 3 is 2.58 bits per heavy atom. The van der Waals surface area contributed by atoms with Crippen LogP contribution in [-0.2, 0) is 19.6 Å². The maximum atomic E-state index is 13.6. The van der Waals surface area contributed by atoms with Crippen LogP contribution >= 0.6 is 0 Å². The Kier molecular flexibility index (Phi) is 6.89. The Bertz CT molecular complexity index is 882. The van der Waals surface area contributed by atoms with Crippen molar-refractivity contribution in [3.63, 3.8) is 0 Å². The van der Waals surface area contributed by atoms with Crippen LogP contribution in [0.5, 0.6) is 5.75 Å². The molecule has 3 heterocycles. The number of para-hydroxylation sites is 1. The van der Waals surface area contributed by atoms with Crippen LogP contribution in [0.3, 0.4) is 0 Å². The summed E-state index contributed by atoms with van der Waals surface area (Å²) in [6, 6.07) is 7.40. The molecule has 31 heavy (non-hydrogen) atoms. The van der Waals surface area contributed by atoms with Gasteiger partial charge in [0.05, 0.1) is 25.0 Å². The molecule has 2 bridgehead atoms. The van der Waals surface area contributed by atoms with Crippen molar-refractivity contribution < 1.29 is 22.7 Å². The molecule has 5 rings (SSSR count). The molecule has 0 radical (unpaired) electrons. The van der Waals surface area contributed by atoms with Crippen molar-refractivity contribution in [2.75, 3.05) is 19.4 Å². The van der Waals surface area contributed by atoms with Gasteiger partial charge in [0.2, 0.25) is 10.0 Å². The lowest BCUT2D eigenvalue weighted by molar-refractivity contribution is -0.146. The van der Waals surface area contributed by atoms with Crippen LogP contribution in [0.4, 0.5) is 0 Å². The number of ether oxygens (including phenoxy) is 2. The first-order valence-electron chi connectivity index (χ1n) is 11.5. The Morgan fingerprint density at radius 1 is 1.13 bits per heavy atom. The molecule has 7 nitrogen and oxygen atoms in total. The molecule has 1 aromatic rings. The highest BCUT2D eigenvalue weighted by Gasteiger charge is 2.40. The molecule has 3 aliphatic heterocycles. The van der Waals surface area contributed by atoms with Crippen molar-refractivity contribution in [2.45, 2.75) is 82.1 Å². The number of rotatable bonds is 3. The lowest BCUT2D eigenvalue weighted by Gasteiger charge is -2.42. The first-order chi connectivity index (χ1) is 14.9. The van der Waals surface area contributed by atoms with E-state index in [9.17, 15) is 13.2 Å². The third-order valence-corrected chi connectivity index (χ3v) is 7.61. The molecule has 8 heteroatoms. The molecule has 1 saturated carbocycles. The maximum absolute atomic E-state index is 13.6. The van der Waals surface area contributed by atoms with Crippen molar-refractivity contribution in [1.82, 2.24) is 9.62 Å². The van der Waals surface area contributed by atoms with E-state index in [0.717, 1.165) is 37.9 Å². The molecule has 3 unspecified atom stereocenters. The van der Waals surface area contributed by atoms with E-state index in [4.69, 9.17) is 9.47 Å². The number of sulfonamides is 1. The summed E-state index contributed by atoms with van der Waals surface area (Å²) in [7, 11) is -3.39. The van der Waals surface area contributed by atoms with Gasteiger partial charge in [-0.2, -0.15) is 0 Å². The van der Waals surface area contributed by atoms with Crippen LogP contribution in [0.15, 0.2) is 24.3 Å². The molecule has 2 fully saturated rings. The highest BCUT2D eigenvalue weighted by Crippen LogP contribution is 2.39. The number of hydrogen-bond acceptors (Lipinski definition) is 5. The summed E-state index contributed by atoms with van der Waals surface area (Å²) in [5.74, 6) is 1.12. The van der Waals surface area contributed by atoms with E-state index in [1.165, 1.54) is 11.8 Å². The molecular formula is C23H34N2O5S. The lowest BCUT2D eigenvalue weighted by Crippen LogP contribution is -2.61. The molecule has 1 aromatic carbocycles. The minimum atomic E-state index is -3.39. The predicted octanol–water partition coefficient (Wildman–Crippen LogP) is 2.81. The number of nitrogens with one attached hydrogen (secondary N) is 1.